The van der Waals surface area contributed by atoms with Gasteiger partial charge in [-0.25, -0.2) is 9.37 Å². The fourth-order valence-electron chi connectivity index (χ4n) is 2.34. The molecule has 0 fully saturated rings. The average molecular weight is 273 g/mol. The summed E-state index contributed by atoms with van der Waals surface area (Å²) in [7, 11) is 0. The molecule has 0 radical (unpaired) electrons. The van der Waals surface area contributed by atoms with Crippen molar-refractivity contribution >= 4 is 17.5 Å². The molecule has 1 aliphatic rings. The van der Waals surface area contributed by atoms with Crippen molar-refractivity contribution in [3.05, 3.63) is 41.3 Å². The second-order valence-electron chi connectivity index (χ2n) is 4.74. The molecule has 1 aromatic heterocycles. The number of anilines is 3. The summed E-state index contributed by atoms with van der Waals surface area (Å²) in [6.07, 6.45) is 1.68. The first-order valence-corrected chi connectivity index (χ1v) is 6.61. The van der Waals surface area contributed by atoms with Gasteiger partial charge in [-0.1, -0.05) is 0 Å². The van der Waals surface area contributed by atoms with E-state index in [0.717, 1.165) is 42.9 Å². The zero-order valence-corrected chi connectivity index (χ0v) is 11.0. The number of nitrogens with one attached hydrogen (secondary N) is 2. The predicted molar refractivity (Wildman–Crippen MR) is 76.4 cm³/mol. The van der Waals surface area contributed by atoms with Crippen molar-refractivity contribution in [2.75, 3.05) is 24.1 Å². The summed E-state index contributed by atoms with van der Waals surface area (Å²) >= 11 is 0. The lowest BCUT2D eigenvalue weighted by molar-refractivity contribution is 0.628. The van der Waals surface area contributed by atoms with Gasteiger partial charge in [-0.3, -0.25) is 0 Å². The Hall–Kier alpha value is -2.21. The topological polar surface area (TPSA) is 75.9 Å². The van der Waals surface area contributed by atoms with Gasteiger partial charge in [0, 0.05) is 24.2 Å². The maximum Gasteiger partial charge on any atom is 0.222 e. The van der Waals surface area contributed by atoms with E-state index in [2.05, 4.69) is 20.6 Å². The number of nitrogens with two attached hydrogens (primary N) is 1. The summed E-state index contributed by atoms with van der Waals surface area (Å²) in [4.78, 5) is 8.60. The highest BCUT2D eigenvalue weighted by atomic mass is 19.1. The van der Waals surface area contributed by atoms with Crippen LogP contribution in [0.4, 0.5) is 21.8 Å². The van der Waals surface area contributed by atoms with Crippen molar-refractivity contribution in [2.45, 2.75) is 12.8 Å². The van der Waals surface area contributed by atoms with Gasteiger partial charge in [-0.05, 0) is 37.2 Å². The molecule has 0 unspecified atom stereocenters. The minimum atomic E-state index is -0.263. The first-order valence-electron chi connectivity index (χ1n) is 6.61. The third-order valence-electron chi connectivity index (χ3n) is 3.31. The highest BCUT2D eigenvalue weighted by molar-refractivity contribution is 5.61. The van der Waals surface area contributed by atoms with Gasteiger partial charge in [0.25, 0.3) is 0 Å². The van der Waals surface area contributed by atoms with Crippen LogP contribution >= 0.6 is 0 Å². The Kier molecular flexibility index (Phi) is 3.47. The van der Waals surface area contributed by atoms with Crippen LogP contribution in [0.1, 0.15) is 11.3 Å². The quantitative estimate of drug-likeness (QED) is 0.775. The largest absolute Gasteiger partial charge is 0.368 e. The van der Waals surface area contributed by atoms with Gasteiger partial charge in [0.1, 0.15) is 11.6 Å². The van der Waals surface area contributed by atoms with Gasteiger partial charge in [0.05, 0.1) is 5.69 Å². The number of hydrogen-bond donors (Lipinski definition) is 3. The summed E-state index contributed by atoms with van der Waals surface area (Å²) in [5, 5.41) is 6.53. The summed E-state index contributed by atoms with van der Waals surface area (Å²) in [5.41, 5.74) is 8.61. The maximum absolute atomic E-state index is 12.9. The Balaban J connectivity index is 1.96. The van der Waals surface area contributed by atoms with Gasteiger partial charge in [0.15, 0.2) is 0 Å². The van der Waals surface area contributed by atoms with Gasteiger partial charge >= 0.3 is 0 Å². The molecule has 0 saturated heterocycles. The predicted octanol–water partition coefficient (Wildman–Crippen LogP) is 1.63. The van der Waals surface area contributed by atoms with Crippen LogP contribution in [0.2, 0.25) is 0 Å². The second-order valence-corrected chi connectivity index (χ2v) is 4.74. The molecule has 0 atom stereocenters. The minimum absolute atomic E-state index is 0.260. The normalized spacial score (nSPS) is 14.4. The molecule has 0 bridgehead atoms. The van der Waals surface area contributed by atoms with Crippen molar-refractivity contribution in [1.29, 1.82) is 0 Å². The van der Waals surface area contributed by atoms with Crippen molar-refractivity contribution in [1.82, 2.24) is 15.3 Å². The monoisotopic (exact) mass is 273 g/mol. The van der Waals surface area contributed by atoms with E-state index in [9.17, 15) is 4.39 Å². The molecule has 0 saturated carbocycles. The number of fused-ring (bicyclic) bond motifs is 1. The molecule has 1 aliphatic heterocycles. The lowest BCUT2D eigenvalue weighted by Crippen LogP contribution is -2.16. The molecule has 0 spiro atoms. The molecule has 4 N–H and O–H groups in total. The van der Waals surface area contributed by atoms with Crippen LogP contribution in [0.25, 0.3) is 0 Å². The van der Waals surface area contributed by atoms with Crippen LogP contribution in [-0.2, 0) is 12.8 Å². The van der Waals surface area contributed by atoms with E-state index >= 15 is 0 Å². The van der Waals surface area contributed by atoms with Gasteiger partial charge < -0.3 is 16.4 Å². The van der Waals surface area contributed by atoms with E-state index in [1.165, 1.54) is 12.1 Å². The zero-order valence-electron chi connectivity index (χ0n) is 11.0. The third kappa shape index (κ3) is 2.70. The molecule has 3 rings (SSSR count). The van der Waals surface area contributed by atoms with Gasteiger partial charge in [-0.2, -0.15) is 4.98 Å². The Morgan fingerprint density at radius 1 is 1.10 bits per heavy atom. The van der Waals surface area contributed by atoms with E-state index in [-0.39, 0.29) is 11.8 Å². The average Bonchev–Trinajstić information content (AvgIpc) is 2.66. The molecule has 0 aliphatic carbocycles. The fourth-order valence-corrected chi connectivity index (χ4v) is 2.34. The molecular weight excluding hydrogens is 257 g/mol. The third-order valence-corrected chi connectivity index (χ3v) is 3.31. The molecular formula is C14H16FN5. The van der Waals surface area contributed by atoms with Crippen LogP contribution in [-0.4, -0.2) is 23.1 Å². The lowest BCUT2D eigenvalue weighted by Gasteiger charge is -2.13. The highest BCUT2D eigenvalue weighted by Gasteiger charge is 2.15. The number of benzene rings is 1. The molecule has 0 amide bonds. The highest BCUT2D eigenvalue weighted by Crippen LogP contribution is 2.24. The SMILES string of the molecule is Nc1nc2c(c(Nc3ccc(F)cc3)n1)CCNCC2. The lowest BCUT2D eigenvalue weighted by atomic mass is 10.1. The first kappa shape index (κ1) is 12.8. The Morgan fingerprint density at radius 3 is 2.65 bits per heavy atom. The molecule has 2 heterocycles. The standard InChI is InChI=1S/C14H16FN5/c15-9-1-3-10(4-2-9)18-13-11-5-7-17-8-6-12(11)19-14(16)20-13/h1-4,17H,5-8H2,(H3,16,18,19,20). The van der Waals surface area contributed by atoms with Gasteiger partial charge in [0.2, 0.25) is 5.95 Å². The first-order chi connectivity index (χ1) is 9.72. The molecule has 1 aromatic carbocycles. The maximum atomic E-state index is 12.9. The summed E-state index contributed by atoms with van der Waals surface area (Å²) in [5.74, 6) is 0.707. The number of halogens is 1. The fraction of sp³-hybridized carbons (Fsp3) is 0.286. The number of rotatable bonds is 2. The zero-order chi connectivity index (χ0) is 13.9. The molecule has 2 aromatic rings. The van der Waals surface area contributed by atoms with E-state index in [1.807, 2.05) is 0 Å². The van der Waals surface area contributed by atoms with E-state index in [1.54, 1.807) is 12.1 Å². The minimum Gasteiger partial charge on any atom is -0.368 e. The number of nitrogen functional groups attached to an aromatic ring is 1. The van der Waals surface area contributed by atoms with Crippen LogP contribution in [0.3, 0.4) is 0 Å². The van der Waals surface area contributed by atoms with Crippen molar-refractivity contribution in [3.63, 3.8) is 0 Å². The molecule has 104 valence electrons. The summed E-state index contributed by atoms with van der Waals surface area (Å²) in [6, 6.07) is 6.17. The molecule has 5 nitrogen and oxygen atoms in total. The van der Waals surface area contributed by atoms with E-state index in [4.69, 9.17) is 5.73 Å². The Morgan fingerprint density at radius 2 is 1.85 bits per heavy atom. The number of nitrogens with zero attached hydrogens (tertiary/aromatic N) is 2. The second kappa shape index (κ2) is 5.42. The van der Waals surface area contributed by atoms with Crippen molar-refractivity contribution < 1.29 is 4.39 Å². The summed E-state index contributed by atoms with van der Waals surface area (Å²) < 4.78 is 12.9. The molecule has 6 heteroatoms. The van der Waals surface area contributed by atoms with Crippen LogP contribution in [0.15, 0.2) is 24.3 Å². The smallest absolute Gasteiger partial charge is 0.222 e. The van der Waals surface area contributed by atoms with Crippen LogP contribution < -0.4 is 16.4 Å². The summed E-state index contributed by atoms with van der Waals surface area (Å²) in [6.45, 7) is 1.78. The van der Waals surface area contributed by atoms with E-state index < -0.39 is 0 Å². The van der Waals surface area contributed by atoms with Crippen LogP contribution in [0.5, 0.6) is 0 Å². The van der Waals surface area contributed by atoms with Gasteiger partial charge in [-0.15, -0.1) is 0 Å². The number of hydrogen-bond acceptors (Lipinski definition) is 5. The number of aromatic nitrogens is 2. The van der Waals surface area contributed by atoms with Crippen molar-refractivity contribution in [2.24, 2.45) is 0 Å². The van der Waals surface area contributed by atoms with Crippen LogP contribution in [0, 0.1) is 5.82 Å². The van der Waals surface area contributed by atoms with Crippen molar-refractivity contribution in [3.8, 4) is 0 Å². The Bertz CT molecular complexity index is 612. The molecule has 20 heavy (non-hydrogen) atoms. The van der Waals surface area contributed by atoms with E-state index in [0.29, 0.717) is 5.82 Å². The Labute approximate surface area is 116 Å².